The van der Waals surface area contributed by atoms with Gasteiger partial charge in [-0.2, -0.15) is 10.4 Å². The Morgan fingerprint density at radius 1 is 1.15 bits per heavy atom. The van der Waals surface area contributed by atoms with Crippen LogP contribution in [0.1, 0.15) is 91.7 Å². The molecule has 4 aliphatic rings. The summed E-state index contributed by atoms with van der Waals surface area (Å²) in [5.41, 5.74) is 11.3. The largest absolute Gasteiger partial charge is 0.399 e. The molecule has 2 saturated heterocycles. The predicted molar refractivity (Wildman–Crippen MR) is 177 cm³/mol. The first kappa shape index (κ1) is 29.4. The van der Waals surface area contributed by atoms with Crippen LogP contribution >= 0.6 is 11.3 Å². The Balaban J connectivity index is 1.27. The molecule has 2 N–H and O–H groups in total. The van der Waals surface area contributed by atoms with Crippen LogP contribution in [-0.4, -0.2) is 75.4 Å². The number of nitrogens with two attached hydrogens (primary N) is 1. The summed E-state index contributed by atoms with van der Waals surface area (Å²) in [5.74, 6) is 2.30. The van der Waals surface area contributed by atoms with E-state index in [1.165, 1.54) is 11.3 Å². The number of fused-ring (bicyclic) bond motifs is 5. The maximum Gasteiger partial charge on any atom is 0.186 e. The van der Waals surface area contributed by atoms with Crippen LogP contribution < -0.4 is 10.6 Å². The molecule has 8 rings (SSSR count). The van der Waals surface area contributed by atoms with E-state index in [1.807, 2.05) is 6.20 Å². The van der Waals surface area contributed by atoms with Gasteiger partial charge in [0.25, 0.3) is 0 Å². The molecule has 0 amide bonds. The molecule has 0 unspecified atom stereocenters. The minimum atomic E-state index is -0.397. The second kappa shape index (κ2) is 11.3. The lowest BCUT2D eigenvalue weighted by Gasteiger charge is -2.39. The summed E-state index contributed by atoms with van der Waals surface area (Å²) >= 11 is 1.56. The summed E-state index contributed by atoms with van der Waals surface area (Å²) in [6.07, 6.45) is 11.4. The van der Waals surface area contributed by atoms with Gasteiger partial charge in [-0.25, -0.2) is 14.6 Å². The number of anilines is 2. The van der Waals surface area contributed by atoms with Crippen molar-refractivity contribution in [1.82, 2.24) is 29.8 Å². The molecule has 2 aliphatic carbocycles. The number of likely N-dealkylation sites (tertiary alicyclic amines) is 1. The van der Waals surface area contributed by atoms with Crippen LogP contribution in [0.3, 0.4) is 0 Å². The van der Waals surface area contributed by atoms with E-state index in [2.05, 4.69) is 39.7 Å². The third kappa shape index (κ3) is 4.44. The summed E-state index contributed by atoms with van der Waals surface area (Å²) in [4.78, 5) is 21.5. The molecule has 12 nitrogen and oxygen atoms in total. The zero-order valence-electron chi connectivity index (χ0n) is 26.8. The molecule has 1 spiro atoms. The summed E-state index contributed by atoms with van der Waals surface area (Å²) in [6, 6.07) is 2.96. The first-order valence-corrected chi connectivity index (χ1v) is 17.4. The highest BCUT2D eigenvalue weighted by molar-refractivity contribution is 7.16. The molecule has 46 heavy (non-hydrogen) atoms. The zero-order valence-corrected chi connectivity index (χ0v) is 27.6. The highest BCUT2D eigenvalue weighted by atomic mass is 32.1. The molecular formula is C33H40N10O2S. The molecule has 2 fully saturated rings. The second-order valence-electron chi connectivity index (χ2n) is 13.3. The molecular weight excluding hydrogens is 600 g/mol. The van der Waals surface area contributed by atoms with Gasteiger partial charge >= 0.3 is 0 Å². The summed E-state index contributed by atoms with van der Waals surface area (Å²) in [7, 11) is 3.80. The molecule has 0 radical (unpaired) electrons. The fraction of sp³-hybridized carbons (Fsp3) is 0.576. The van der Waals surface area contributed by atoms with Gasteiger partial charge in [-0.05, 0) is 77.4 Å². The monoisotopic (exact) mass is 640 g/mol. The number of oxime groups is 1. The normalized spacial score (nSPS) is 23.8. The van der Waals surface area contributed by atoms with E-state index in [9.17, 15) is 5.26 Å². The van der Waals surface area contributed by atoms with Gasteiger partial charge < -0.3 is 24.9 Å². The molecule has 2 aliphatic heterocycles. The third-order valence-corrected chi connectivity index (χ3v) is 12.0. The fourth-order valence-electron chi connectivity index (χ4n) is 8.68. The summed E-state index contributed by atoms with van der Waals surface area (Å²) < 4.78 is 8.44. The van der Waals surface area contributed by atoms with Crippen molar-refractivity contribution >= 4 is 38.9 Å². The number of likely N-dealkylation sites (N-methyl/N-ethyl adjacent to an activating group) is 1. The molecule has 13 heteroatoms. The van der Waals surface area contributed by atoms with Crippen LogP contribution in [0.4, 0.5) is 10.8 Å². The minimum Gasteiger partial charge on any atom is -0.399 e. The van der Waals surface area contributed by atoms with Crippen LogP contribution in [0.5, 0.6) is 0 Å². The van der Waals surface area contributed by atoms with Crippen molar-refractivity contribution in [3.8, 4) is 17.6 Å². The number of piperidine rings is 1. The lowest BCUT2D eigenvalue weighted by atomic mass is 9.63. The van der Waals surface area contributed by atoms with Crippen molar-refractivity contribution in [2.45, 2.75) is 88.6 Å². The topological polar surface area (TPSA) is 148 Å². The summed E-state index contributed by atoms with van der Waals surface area (Å²) in [5, 5.41) is 25.6. The number of aromatic nitrogens is 5. The van der Waals surface area contributed by atoms with Crippen molar-refractivity contribution in [2.75, 3.05) is 44.4 Å². The highest BCUT2D eigenvalue weighted by Crippen LogP contribution is 2.55. The molecule has 0 bridgehead atoms. The highest BCUT2D eigenvalue weighted by Gasteiger charge is 2.49. The van der Waals surface area contributed by atoms with Gasteiger partial charge in [0.05, 0.1) is 34.3 Å². The lowest BCUT2D eigenvalue weighted by Crippen LogP contribution is -2.35. The Bertz CT molecular complexity index is 1870. The number of nitrogens with zero attached hydrogens (tertiary/aromatic N) is 9. The van der Waals surface area contributed by atoms with E-state index >= 15 is 0 Å². The molecule has 4 aromatic heterocycles. The predicted octanol–water partition coefficient (Wildman–Crippen LogP) is 5.21. The maximum absolute atomic E-state index is 10.1. The van der Waals surface area contributed by atoms with E-state index in [4.69, 9.17) is 35.3 Å². The average molecular weight is 641 g/mol. The van der Waals surface area contributed by atoms with E-state index in [0.717, 1.165) is 117 Å². The number of rotatable bonds is 5. The molecule has 240 valence electrons. The number of nitrogen functional groups attached to an aromatic ring is 1. The van der Waals surface area contributed by atoms with Gasteiger partial charge in [0, 0.05) is 42.4 Å². The Morgan fingerprint density at radius 3 is 2.70 bits per heavy atom. The standard InChI is InChI=1S/C33H40N10O2S/c1-19(24-8-6-14-41(24)2)43-32-23(18-36-43)31(42-15-10-20(11-16-42)39-44-3)37-30(38-32)27-21-7-4-12-33(28(21)45-40-27)13-5-9-25-26(33)22(17-34)29(35)46-25/h18-19,24H,4-16,35H2,1-3H3/t19-,24-,33-/m0/s1. The van der Waals surface area contributed by atoms with Crippen LogP contribution in [0.25, 0.3) is 22.6 Å². The van der Waals surface area contributed by atoms with Crippen molar-refractivity contribution < 1.29 is 9.36 Å². The number of hydrogen-bond donors (Lipinski definition) is 1. The smallest absolute Gasteiger partial charge is 0.186 e. The van der Waals surface area contributed by atoms with Crippen LogP contribution in [-0.2, 0) is 23.1 Å². The maximum atomic E-state index is 10.1. The van der Waals surface area contributed by atoms with Crippen molar-refractivity contribution in [3.63, 3.8) is 0 Å². The fourth-order valence-corrected chi connectivity index (χ4v) is 9.84. The molecule has 4 aromatic rings. The molecule has 6 heterocycles. The third-order valence-electron chi connectivity index (χ3n) is 10.9. The van der Waals surface area contributed by atoms with Crippen LogP contribution in [0.2, 0.25) is 0 Å². The van der Waals surface area contributed by atoms with Crippen molar-refractivity contribution in [1.29, 1.82) is 5.26 Å². The average Bonchev–Trinajstić information content (AvgIpc) is 3.86. The van der Waals surface area contributed by atoms with Crippen LogP contribution in [0.15, 0.2) is 15.9 Å². The van der Waals surface area contributed by atoms with Gasteiger partial charge in [0.1, 0.15) is 24.0 Å². The zero-order chi connectivity index (χ0) is 31.6. The van der Waals surface area contributed by atoms with E-state index in [1.54, 1.807) is 18.4 Å². The first-order chi connectivity index (χ1) is 22.4. The minimum absolute atomic E-state index is 0.144. The Labute approximate surface area is 272 Å². The van der Waals surface area contributed by atoms with Gasteiger partial charge in [0.2, 0.25) is 0 Å². The van der Waals surface area contributed by atoms with E-state index < -0.39 is 5.41 Å². The molecule has 0 aromatic carbocycles. The van der Waals surface area contributed by atoms with Gasteiger partial charge in [-0.3, -0.25) is 0 Å². The Hall–Kier alpha value is -4.02. The molecule has 0 saturated carbocycles. The van der Waals surface area contributed by atoms with Gasteiger partial charge in [-0.15, -0.1) is 11.3 Å². The van der Waals surface area contributed by atoms with Gasteiger partial charge in [-0.1, -0.05) is 10.3 Å². The van der Waals surface area contributed by atoms with Crippen molar-refractivity contribution in [3.05, 3.63) is 33.5 Å². The quantitative estimate of drug-likeness (QED) is 0.288. The number of thiophene rings is 1. The molecule has 3 atom stereocenters. The van der Waals surface area contributed by atoms with E-state index in [-0.39, 0.29) is 6.04 Å². The Morgan fingerprint density at radius 2 is 1.96 bits per heavy atom. The van der Waals surface area contributed by atoms with Gasteiger partial charge in [0.15, 0.2) is 22.9 Å². The summed E-state index contributed by atoms with van der Waals surface area (Å²) in [6.45, 7) is 4.89. The van der Waals surface area contributed by atoms with E-state index in [0.29, 0.717) is 28.1 Å². The number of hydrogen-bond acceptors (Lipinski definition) is 12. The van der Waals surface area contributed by atoms with Crippen molar-refractivity contribution in [2.24, 2.45) is 5.16 Å². The number of aryl methyl sites for hydroxylation is 1. The number of nitriles is 1. The first-order valence-electron chi connectivity index (χ1n) is 16.5. The Kier molecular flexibility index (Phi) is 7.25. The SMILES string of the molecule is CON=C1CCN(c2nc(-c3noc4c3CCC[C@@]43CCCc4sc(N)c(C#N)c43)nc3c2cnn3[C@@H](C)[C@@H]2CCCN2C)CC1. The second-order valence-corrected chi connectivity index (χ2v) is 14.5. The van der Waals surface area contributed by atoms with Crippen LogP contribution in [0, 0.1) is 11.3 Å². The lowest BCUT2D eigenvalue weighted by molar-refractivity contribution is 0.211.